The third-order valence-electron chi connectivity index (χ3n) is 3.12. The highest BCUT2D eigenvalue weighted by atomic mass is 35.5. The summed E-state index contributed by atoms with van der Waals surface area (Å²) in [5.74, 6) is 0.494. The van der Waals surface area contributed by atoms with Crippen LogP contribution in [0.15, 0.2) is 0 Å². The highest BCUT2D eigenvalue weighted by molar-refractivity contribution is 6.18. The molecule has 0 radical (unpaired) electrons. The second-order valence-electron chi connectivity index (χ2n) is 4.63. The monoisotopic (exact) mass is 306 g/mol. The number of hydrogen-bond acceptors (Lipinski definition) is 3. The van der Waals surface area contributed by atoms with Crippen LogP contribution in [0.2, 0.25) is 0 Å². The van der Waals surface area contributed by atoms with Crippen molar-refractivity contribution < 1.29 is 27.2 Å². The number of likely N-dealkylation sites (N-methyl/N-ethyl adjacent to an activating group) is 1. The highest BCUT2D eigenvalue weighted by Gasteiger charge is 2.38. The lowest BCUT2D eigenvalue weighted by Crippen LogP contribution is -3.00. The first kappa shape index (κ1) is 17.7. The van der Waals surface area contributed by atoms with Gasteiger partial charge < -0.3 is 22.6 Å². The Morgan fingerprint density at radius 3 is 2.35 bits per heavy atom. The number of nitrogens with zero attached hydrogens (tertiary/aromatic N) is 2. The van der Waals surface area contributed by atoms with Crippen molar-refractivity contribution in [2.45, 2.75) is 18.6 Å². The van der Waals surface area contributed by atoms with E-state index in [9.17, 15) is 10.2 Å². The van der Waals surface area contributed by atoms with Crippen molar-refractivity contribution in [3.63, 3.8) is 0 Å². The molecule has 1 saturated heterocycles. The maximum absolute atomic E-state index is 9.63. The second-order valence-corrected chi connectivity index (χ2v) is 5.24. The molecular weight excluding hydrogens is 286 g/mol. The molecule has 2 N–H and O–H groups in total. The van der Waals surface area contributed by atoms with E-state index in [1.54, 1.807) is 0 Å². The molecule has 1 fully saturated rings. The molecule has 3 atom stereocenters. The molecule has 1 heterocycles. The summed E-state index contributed by atoms with van der Waals surface area (Å²) in [5.41, 5.74) is 0. The molecule has 1 aliphatic heterocycles. The predicted molar refractivity (Wildman–Crippen MR) is 65.6 cm³/mol. The minimum Gasteiger partial charge on any atom is -1.00 e. The summed E-state index contributed by atoms with van der Waals surface area (Å²) in [6, 6.07) is 0. The van der Waals surface area contributed by atoms with E-state index in [2.05, 4.69) is 12.1 Å². The number of β-amino-alcohol motifs (C(OH)–C–C–N with tert-alkyl or cyclic N) is 1. The number of aliphatic hydroxyl groups excluding tert-OH is 2. The zero-order valence-corrected chi connectivity index (χ0v) is 12.3. The molecule has 0 spiro atoms. The standard InChI is InChI=1S/C10H21Cl2N2O2.ClH/c1-14(8-10(16)6-12)4-2-3-13(14)7-9(15)5-11;/h9-10,15-16H,2-8H2,1H3;1H/q+1;/p-1. The molecule has 0 bridgehead atoms. The number of hydrogen-bond donors (Lipinski definition) is 2. The van der Waals surface area contributed by atoms with Gasteiger partial charge in [-0.2, -0.15) is 5.01 Å². The Balaban J connectivity index is 0.00000256. The first-order valence-electron chi connectivity index (χ1n) is 5.60. The number of halogens is 3. The number of rotatable bonds is 6. The lowest BCUT2D eigenvalue weighted by Gasteiger charge is -2.39. The molecule has 1 aliphatic rings. The van der Waals surface area contributed by atoms with Crippen LogP contribution in [-0.2, 0) is 0 Å². The SMILES string of the molecule is C[N+]1(CC(O)CCl)CCCN1CC(O)CCl.[Cl-]. The van der Waals surface area contributed by atoms with Crippen molar-refractivity contribution in [1.29, 1.82) is 0 Å². The van der Waals surface area contributed by atoms with Gasteiger partial charge in [0.15, 0.2) is 0 Å². The zero-order chi connectivity index (χ0) is 12.2. The Kier molecular flexibility index (Phi) is 8.33. The Morgan fingerprint density at radius 2 is 1.82 bits per heavy atom. The van der Waals surface area contributed by atoms with Crippen LogP contribution in [0.25, 0.3) is 0 Å². The van der Waals surface area contributed by atoms with E-state index in [4.69, 9.17) is 23.2 Å². The van der Waals surface area contributed by atoms with Crippen molar-refractivity contribution in [3.8, 4) is 0 Å². The molecular formula is C10H21Cl3N2O2. The number of aliphatic hydroxyl groups is 2. The summed E-state index contributed by atoms with van der Waals surface area (Å²) in [6.45, 7) is 3.05. The van der Waals surface area contributed by atoms with Gasteiger partial charge in [-0.15, -0.1) is 23.2 Å². The van der Waals surface area contributed by atoms with Crippen LogP contribution in [0.4, 0.5) is 0 Å². The van der Waals surface area contributed by atoms with Crippen LogP contribution < -0.4 is 12.4 Å². The van der Waals surface area contributed by atoms with Gasteiger partial charge in [0.1, 0.15) is 12.6 Å². The van der Waals surface area contributed by atoms with Crippen LogP contribution in [-0.4, -0.2) is 77.0 Å². The van der Waals surface area contributed by atoms with Crippen LogP contribution in [0.5, 0.6) is 0 Å². The fourth-order valence-electron chi connectivity index (χ4n) is 2.27. The summed E-state index contributed by atoms with van der Waals surface area (Å²) in [7, 11) is 2.06. The molecule has 0 aliphatic carbocycles. The average Bonchev–Trinajstić information content (AvgIpc) is 2.59. The maximum Gasteiger partial charge on any atom is 0.124 e. The Morgan fingerprint density at radius 1 is 1.24 bits per heavy atom. The number of alkyl halides is 2. The molecule has 0 saturated carbocycles. The van der Waals surface area contributed by atoms with Crippen LogP contribution >= 0.6 is 23.2 Å². The van der Waals surface area contributed by atoms with E-state index in [0.29, 0.717) is 17.7 Å². The van der Waals surface area contributed by atoms with Gasteiger partial charge in [0, 0.05) is 12.3 Å². The molecule has 4 nitrogen and oxygen atoms in total. The molecule has 7 heteroatoms. The van der Waals surface area contributed by atoms with Gasteiger partial charge in [-0.25, -0.2) is 4.59 Å². The van der Waals surface area contributed by atoms with Crippen LogP contribution in [0.3, 0.4) is 0 Å². The van der Waals surface area contributed by atoms with Crippen molar-refractivity contribution >= 4 is 23.2 Å². The summed E-state index contributed by atoms with van der Waals surface area (Å²) in [5, 5.41) is 21.4. The molecule has 0 aromatic heterocycles. The molecule has 0 aromatic carbocycles. The normalized spacial score (nSPS) is 28.8. The fourth-order valence-corrected chi connectivity index (χ4v) is 2.46. The van der Waals surface area contributed by atoms with Gasteiger partial charge in [-0.3, -0.25) is 0 Å². The summed E-state index contributed by atoms with van der Waals surface area (Å²) in [4.78, 5) is 0. The van der Waals surface area contributed by atoms with E-state index in [1.165, 1.54) is 0 Å². The third-order valence-corrected chi connectivity index (χ3v) is 3.83. The van der Waals surface area contributed by atoms with E-state index in [0.717, 1.165) is 19.5 Å². The largest absolute Gasteiger partial charge is 1.00 e. The van der Waals surface area contributed by atoms with Crippen LogP contribution in [0.1, 0.15) is 6.42 Å². The van der Waals surface area contributed by atoms with E-state index in [1.807, 2.05) is 0 Å². The van der Waals surface area contributed by atoms with E-state index in [-0.39, 0.29) is 24.2 Å². The Hall–Kier alpha value is 0.710. The van der Waals surface area contributed by atoms with Gasteiger partial charge in [0.2, 0.25) is 0 Å². The third kappa shape index (κ3) is 5.07. The van der Waals surface area contributed by atoms with Gasteiger partial charge in [-0.1, -0.05) is 0 Å². The van der Waals surface area contributed by atoms with Gasteiger partial charge in [0.05, 0.1) is 38.7 Å². The molecule has 0 aromatic rings. The van der Waals surface area contributed by atoms with E-state index >= 15 is 0 Å². The topological polar surface area (TPSA) is 43.7 Å². The first-order valence-corrected chi connectivity index (χ1v) is 6.67. The number of quaternary nitrogens is 1. The van der Waals surface area contributed by atoms with Gasteiger partial charge in [0.25, 0.3) is 0 Å². The quantitative estimate of drug-likeness (QED) is 0.413. The Bertz CT molecular complexity index is 224. The molecule has 17 heavy (non-hydrogen) atoms. The van der Waals surface area contributed by atoms with Crippen molar-refractivity contribution in [2.75, 3.05) is 45.0 Å². The molecule has 1 rings (SSSR count). The molecule has 0 amide bonds. The summed E-state index contributed by atoms with van der Waals surface area (Å²) < 4.78 is 0.641. The highest BCUT2D eigenvalue weighted by Crippen LogP contribution is 2.20. The van der Waals surface area contributed by atoms with Crippen molar-refractivity contribution in [3.05, 3.63) is 0 Å². The molecule has 104 valence electrons. The zero-order valence-electron chi connectivity index (χ0n) is 10.0. The van der Waals surface area contributed by atoms with Crippen LogP contribution in [0, 0.1) is 0 Å². The van der Waals surface area contributed by atoms with Gasteiger partial charge >= 0.3 is 0 Å². The lowest BCUT2D eigenvalue weighted by atomic mass is 10.3. The predicted octanol–water partition coefficient (Wildman–Crippen LogP) is -2.74. The minimum atomic E-state index is -0.509. The lowest BCUT2D eigenvalue weighted by molar-refractivity contribution is -1.01. The summed E-state index contributed by atoms with van der Waals surface area (Å²) in [6.07, 6.45) is 0.0614. The van der Waals surface area contributed by atoms with Crippen molar-refractivity contribution in [1.82, 2.24) is 5.01 Å². The molecule has 3 unspecified atom stereocenters. The van der Waals surface area contributed by atoms with Gasteiger partial charge in [-0.05, 0) is 0 Å². The average molecular weight is 308 g/mol. The minimum absolute atomic E-state index is 0. The van der Waals surface area contributed by atoms with Crippen molar-refractivity contribution in [2.24, 2.45) is 0 Å². The smallest absolute Gasteiger partial charge is 0.124 e. The summed E-state index contributed by atoms with van der Waals surface area (Å²) >= 11 is 11.2. The first-order chi connectivity index (χ1) is 7.51. The fraction of sp³-hybridized carbons (Fsp3) is 1.00. The second kappa shape index (κ2) is 8.00. The Labute approximate surface area is 119 Å². The van der Waals surface area contributed by atoms with E-state index < -0.39 is 12.2 Å². The maximum atomic E-state index is 9.63.